The number of benzene rings is 1. The lowest BCUT2D eigenvalue weighted by Gasteiger charge is -2.31. The van der Waals surface area contributed by atoms with Crippen molar-refractivity contribution in [3.63, 3.8) is 0 Å². The smallest absolute Gasteiger partial charge is 0.253 e. The van der Waals surface area contributed by atoms with Crippen LogP contribution in [-0.2, 0) is 0 Å². The van der Waals surface area contributed by atoms with Crippen LogP contribution in [0.2, 0.25) is 0 Å². The van der Waals surface area contributed by atoms with Crippen molar-refractivity contribution < 1.29 is 4.79 Å². The van der Waals surface area contributed by atoms with Crippen LogP contribution in [0.15, 0.2) is 24.3 Å². The summed E-state index contributed by atoms with van der Waals surface area (Å²) < 4.78 is 0. The van der Waals surface area contributed by atoms with E-state index in [0.29, 0.717) is 5.92 Å². The Labute approximate surface area is 96.3 Å². The predicted molar refractivity (Wildman–Crippen MR) is 63.5 cm³/mol. The average Bonchev–Trinajstić information content (AvgIpc) is 2.93. The molecule has 16 heavy (non-hydrogen) atoms. The fraction of sp³-hybridized carbons (Fsp3) is 0.500. The molecule has 0 bridgehead atoms. The summed E-state index contributed by atoms with van der Waals surface area (Å²) in [6.45, 7) is 4.14. The summed E-state index contributed by atoms with van der Waals surface area (Å²) in [5, 5.41) is 0. The van der Waals surface area contributed by atoms with Gasteiger partial charge in [-0.1, -0.05) is 19.1 Å². The van der Waals surface area contributed by atoms with E-state index in [4.69, 9.17) is 0 Å². The molecule has 1 aliphatic carbocycles. The first-order valence-corrected chi connectivity index (χ1v) is 6.15. The number of hydrogen-bond donors (Lipinski definition) is 0. The van der Waals surface area contributed by atoms with Crippen molar-refractivity contribution in [2.45, 2.75) is 25.7 Å². The first-order valence-electron chi connectivity index (χ1n) is 6.15. The molecule has 84 valence electrons. The van der Waals surface area contributed by atoms with Crippen molar-refractivity contribution in [2.75, 3.05) is 13.1 Å². The van der Waals surface area contributed by atoms with Crippen LogP contribution in [0.3, 0.4) is 0 Å². The molecule has 2 heteroatoms. The summed E-state index contributed by atoms with van der Waals surface area (Å²) >= 11 is 0. The summed E-state index contributed by atoms with van der Waals surface area (Å²) in [7, 11) is 0. The zero-order valence-electron chi connectivity index (χ0n) is 9.65. The standard InChI is InChI=1S/C14H17NO/c1-10-8-13(10)11-4-2-5-12(9-11)14(16)15-6-3-7-15/h2,4-5,9-10,13H,3,6-8H2,1H3/t10-,13-/m0/s1. The van der Waals surface area contributed by atoms with Crippen molar-refractivity contribution in [3.8, 4) is 0 Å². The first kappa shape index (κ1) is 9.88. The molecule has 0 N–H and O–H groups in total. The zero-order chi connectivity index (χ0) is 11.1. The van der Waals surface area contributed by atoms with Crippen molar-refractivity contribution in [1.29, 1.82) is 0 Å². The molecule has 0 unspecified atom stereocenters. The fourth-order valence-electron chi connectivity index (χ4n) is 2.39. The third-order valence-corrected chi connectivity index (χ3v) is 3.81. The van der Waals surface area contributed by atoms with E-state index in [0.717, 1.165) is 31.0 Å². The van der Waals surface area contributed by atoms with Gasteiger partial charge in [0.25, 0.3) is 5.91 Å². The molecular formula is C14H17NO. The van der Waals surface area contributed by atoms with Crippen LogP contribution in [0.5, 0.6) is 0 Å². The van der Waals surface area contributed by atoms with Gasteiger partial charge in [0.1, 0.15) is 0 Å². The molecule has 1 heterocycles. The lowest BCUT2D eigenvalue weighted by atomic mass is 10.0. The van der Waals surface area contributed by atoms with Gasteiger partial charge in [-0.3, -0.25) is 4.79 Å². The second kappa shape index (κ2) is 3.62. The van der Waals surface area contributed by atoms with Crippen molar-refractivity contribution in [3.05, 3.63) is 35.4 Å². The van der Waals surface area contributed by atoms with Gasteiger partial charge >= 0.3 is 0 Å². The minimum Gasteiger partial charge on any atom is -0.339 e. The van der Waals surface area contributed by atoms with Gasteiger partial charge in [-0.25, -0.2) is 0 Å². The van der Waals surface area contributed by atoms with E-state index in [9.17, 15) is 4.79 Å². The molecule has 1 saturated carbocycles. The molecule has 2 aliphatic rings. The Kier molecular flexibility index (Phi) is 2.23. The minimum absolute atomic E-state index is 0.210. The van der Waals surface area contributed by atoms with E-state index in [1.807, 2.05) is 17.0 Å². The Morgan fingerprint density at radius 3 is 2.69 bits per heavy atom. The molecular weight excluding hydrogens is 198 g/mol. The third-order valence-electron chi connectivity index (χ3n) is 3.81. The zero-order valence-corrected chi connectivity index (χ0v) is 9.65. The van der Waals surface area contributed by atoms with E-state index in [1.54, 1.807) is 0 Å². The molecule has 0 radical (unpaired) electrons. The van der Waals surface area contributed by atoms with Gasteiger partial charge in [0, 0.05) is 18.7 Å². The lowest BCUT2D eigenvalue weighted by Crippen LogP contribution is -2.42. The predicted octanol–water partition coefficient (Wildman–Crippen LogP) is 2.66. The molecule has 1 aliphatic heterocycles. The number of likely N-dealkylation sites (tertiary alicyclic amines) is 1. The van der Waals surface area contributed by atoms with Gasteiger partial charge in [0.2, 0.25) is 0 Å². The van der Waals surface area contributed by atoms with E-state index >= 15 is 0 Å². The number of amides is 1. The monoisotopic (exact) mass is 215 g/mol. The van der Waals surface area contributed by atoms with Gasteiger partial charge in [-0.2, -0.15) is 0 Å². The molecule has 1 saturated heterocycles. The van der Waals surface area contributed by atoms with Crippen LogP contribution < -0.4 is 0 Å². The molecule has 1 aromatic carbocycles. The average molecular weight is 215 g/mol. The van der Waals surface area contributed by atoms with Gasteiger partial charge < -0.3 is 4.90 Å². The summed E-state index contributed by atoms with van der Waals surface area (Å²) in [6, 6.07) is 8.21. The van der Waals surface area contributed by atoms with Crippen LogP contribution in [-0.4, -0.2) is 23.9 Å². The van der Waals surface area contributed by atoms with Gasteiger partial charge in [0.15, 0.2) is 0 Å². The largest absolute Gasteiger partial charge is 0.339 e. The number of carbonyl (C=O) groups excluding carboxylic acids is 1. The molecule has 2 nitrogen and oxygen atoms in total. The summed E-state index contributed by atoms with van der Waals surface area (Å²) in [5.41, 5.74) is 2.22. The number of nitrogens with zero attached hydrogens (tertiary/aromatic N) is 1. The Bertz CT molecular complexity index is 422. The maximum absolute atomic E-state index is 12.0. The summed E-state index contributed by atoms with van der Waals surface area (Å²) in [4.78, 5) is 14.0. The second-order valence-corrected chi connectivity index (χ2v) is 5.09. The molecule has 3 rings (SSSR count). The minimum atomic E-state index is 0.210. The highest BCUT2D eigenvalue weighted by molar-refractivity contribution is 5.94. The van der Waals surface area contributed by atoms with Crippen LogP contribution in [0.4, 0.5) is 0 Å². The molecule has 0 spiro atoms. The molecule has 1 amide bonds. The van der Waals surface area contributed by atoms with Crippen molar-refractivity contribution in [2.24, 2.45) is 5.92 Å². The fourth-order valence-corrected chi connectivity index (χ4v) is 2.39. The second-order valence-electron chi connectivity index (χ2n) is 5.09. The molecule has 2 atom stereocenters. The summed E-state index contributed by atoms with van der Waals surface area (Å²) in [6.07, 6.45) is 2.44. The number of carbonyl (C=O) groups is 1. The number of rotatable bonds is 2. The normalized spacial score (nSPS) is 27.4. The maximum Gasteiger partial charge on any atom is 0.253 e. The van der Waals surface area contributed by atoms with Crippen LogP contribution in [0, 0.1) is 5.92 Å². The third kappa shape index (κ3) is 1.62. The van der Waals surface area contributed by atoms with Crippen molar-refractivity contribution >= 4 is 5.91 Å². The Hall–Kier alpha value is -1.31. The highest BCUT2D eigenvalue weighted by Gasteiger charge is 2.34. The Balaban J connectivity index is 1.81. The number of hydrogen-bond acceptors (Lipinski definition) is 1. The van der Waals surface area contributed by atoms with E-state index in [1.165, 1.54) is 12.0 Å². The maximum atomic E-state index is 12.0. The Morgan fingerprint density at radius 1 is 1.38 bits per heavy atom. The quantitative estimate of drug-likeness (QED) is 0.742. The van der Waals surface area contributed by atoms with Crippen LogP contribution in [0.1, 0.15) is 41.6 Å². The molecule has 1 aromatic rings. The lowest BCUT2D eigenvalue weighted by molar-refractivity contribution is 0.0651. The van der Waals surface area contributed by atoms with Gasteiger partial charge in [0.05, 0.1) is 0 Å². The molecule has 2 fully saturated rings. The topological polar surface area (TPSA) is 20.3 Å². The molecule has 0 aromatic heterocycles. The van der Waals surface area contributed by atoms with E-state index < -0.39 is 0 Å². The summed E-state index contributed by atoms with van der Waals surface area (Å²) in [5.74, 6) is 1.71. The van der Waals surface area contributed by atoms with Crippen LogP contribution in [0.25, 0.3) is 0 Å². The van der Waals surface area contributed by atoms with Gasteiger partial charge in [-0.15, -0.1) is 0 Å². The SMILES string of the molecule is C[C@H]1C[C@@H]1c1cccc(C(=O)N2CCC2)c1. The van der Waals surface area contributed by atoms with Gasteiger partial charge in [-0.05, 0) is 42.4 Å². The van der Waals surface area contributed by atoms with Crippen molar-refractivity contribution in [1.82, 2.24) is 4.90 Å². The highest BCUT2D eigenvalue weighted by Crippen LogP contribution is 2.46. The van der Waals surface area contributed by atoms with E-state index in [2.05, 4.69) is 19.1 Å². The van der Waals surface area contributed by atoms with Crippen LogP contribution >= 0.6 is 0 Å². The van der Waals surface area contributed by atoms with E-state index in [-0.39, 0.29) is 5.91 Å². The first-order chi connectivity index (χ1) is 7.75. The highest BCUT2D eigenvalue weighted by atomic mass is 16.2. The Morgan fingerprint density at radius 2 is 2.12 bits per heavy atom.